The molecule has 112 valence electrons. The Morgan fingerprint density at radius 1 is 1.19 bits per heavy atom. The van der Waals surface area contributed by atoms with Gasteiger partial charge in [0.15, 0.2) is 11.5 Å². The summed E-state index contributed by atoms with van der Waals surface area (Å²) in [6.45, 7) is 4.36. The number of benzene rings is 1. The third-order valence-corrected chi connectivity index (χ3v) is 4.62. The van der Waals surface area contributed by atoms with Crippen molar-refractivity contribution in [1.82, 2.24) is 5.32 Å². The summed E-state index contributed by atoms with van der Waals surface area (Å²) in [7, 11) is 0. The molecule has 2 aromatic rings. The van der Waals surface area contributed by atoms with E-state index in [1.807, 2.05) is 17.4 Å². The lowest BCUT2D eigenvalue weighted by Crippen LogP contribution is -2.24. The van der Waals surface area contributed by atoms with Gasteiger partial charge in [-0.2, -0.15) is 0 Å². The first-order valence-electron chi connectivity index (χ1n) is 7.52. The topological polar surface area (TPSA) is 30.5 Å². The molecule has 3 rings (SSSR count). The largest absolute Gasteiger partial charge is 0.486 e. The smallest absolute Gasteiger partial charge is 0.166 e. The van der Waals surface area contributed by atoms with E-state index < -0.39 is 0 Å². The Kier molecular flexibility index (Phi) is 4.78. The molecule has 0 radical (unpaired) electrons. The normalized spacial score (nSPS) is 14.9. The first-order chi connectivity index (χ1) is 10.4. The van der Waals surface area contributed by atoms with Crippen molar-refractivity contribution in [3.8, 4) is 11.5 Å². The number of rotatable bonds is 6. The maximum atomic E-state index is 5.86. The summed E-state index contributed by atoms with van der Waals surface area (Å²) in [5, 5.41) is 5.72. The van der Waals surface area contributed by atoms with E-state index in [2.05, 4.69) is 41.9 Å². The van der Waals surface area contributed by atoms with Crippen molar-refractivity contribution in [1.29, 1.82) is 0 Å². The third-order valence-electron chi connectivity index (χ3n) is 3.68. The molecular weight excluding hydrogens is 282 g/mol. The van der Waals surface area contributed by atoms with Crippen molar-refractivity contribution in [2.24, 2.45) is 0 Å². The lowest BCUT2D eigenvalue weighted by molar-refractivity contribution is 0.168. The van der Waals surface area contributed by atoms with E-state index >= 15 is 0 Å². The van der Waals surface area contributed by atoms with Crippen LogP contribution in [0.25, 0.3) is 0 Å². The number of aryl methyl sites for hydroxylation is 1. The minimum Gasteiger partial charge on any atom is -0.486 e. The molecule has 1 aliphatic heterocycles. The fraction of sp³-hybridized carbons (Fsp3) is 0.412. The highest BCUT2D eigenvalue weighted by molar-refractivity contribution is 7.09. The first-order valence-corrected chi connectivity index (χ1v) is 8.40. The van der Waals surface area contributed by atoms with Crippen LogP contribution in [0.5, 0.6) is 11.5 Å². The molecule has 1 unspecified atom stereocenters. The van der Waals surface area contributed by atoms with Gasteiger partial charge >= 0.3 is 0 Å². The molecule has 3 nitrogen and oxygen atoms in total. The standard InChI is InChI=1S/C17H21NO2S/c1-2-18-15(9-8-13-5-4-12-21-13)14-6-3-7-16-17(14)20-11-10-19-16/h3-7,12,15,18H,2,8-11H2,1H3. The van der Waals surface area contributed by atoms with Gasteiger partial charge in [-0.3, -0.25) is 0 Å². The van der Waals surface area contributed by atoms with E-state index in [0.29, 0.717) is 19.3 Å². The molecule has 0 spiro atoms. The number of ether oxygens (including phenoxy) is 2. The maximum Gasteiger partial charge on any atom is 0.166 e. The lowest BCUT2D eigenvalue weighted by Gasteiger charge is -2.25. The van der Waals surface area contributed by atoms with Gasteiger partial charge in [0.1, 0.15) is 13.2 Å². The maximum absolute atomic E-state index is 5.86. The summed E-state index contributed by atoms with van der Waals surface area (Å²) in [6.07, 6.45) is 2.15. The molecule has 4 heteroatoms. The van der Waals surface area contributed by atoms with Crippen molar-refractivity contribution >= 4 is 11.3 Å². The van der Waals surface area contributed by atoms with Crippen LogP contribution in [0.3, 0.4) is 0 Å². The van der Waals surface area contributed by atoms with E-state index in [1.165, 1.54) is 10.4 Å². The first kappa shape index (κ1) is 14.4. The zero-order chi connectivity index (χ0) is 14.5. The predicted molar refractivity (Wildman–Crippen MR) is 86.5 cm³/mol. The fourth-order valence-electron chi connectivity index (χ4n) is 2.73. The summed E-state index contributed by atoms with van der Waals surface area (Å²) in [6, 6.07) is 10.8. The van der Waals surface area contributed by atoms with Crippen molar-refractivity contribution in [3.05, 3.63) is 46.2 Å². The van der Waals surface area contributed by atoms with Gasteiger partial charge in [-0.1, -0.05) is 25.1 Å². The third kappa shape index (κ3) is 3.39. The molecule has 0 amide bonds. The number of fused-ring (bicyclic) bond motifs is 1. The average Bonchev–Trinajstić information content (AvgIpc) is 3.04. The summed E-state index contributed by atoms with van der Waals surface area (Å²) in [5.74, 6) is 1.79. The van der Waals surface area contributed by atoms with E-state index in [1.54, 1.807) is 0 Å². The number of hydrogen-bond donors (Lipinski definition) is 1. The number of para-hydroxylation sites is 1. The molecule has 21 heavy (non-hydrogen) atoms. The predicted octanol–water partition coefficient (Wildman–Crippen LogP) is 3.80. The Balaban J connectivity index is 1.79. The molecule has 1 aliphatic rings. The molecule has 0 fully saturated rings. The lowest BCUT2D eigenvalue weighted by atomic mass is 9.99. The van der Waals surface area contributed by atoms with Crippen LogP contribution in [0.1, 0.15) is 29.8 Å². The van der Waals surface area contributed by atoms with Gasteiger partial charge in [0.05, 0.1) is 0 Å². The van der Waals surface area contributed by atoms with E-state index in [4.69, 9.17) is 9.47 Å². The van der Waals surface area contributed by atoms with Crippen LogP contribution in [0.15, 0.2) is 35.7 Å². The second-order valence-electron chi connectivity index (χ2n) is 5.10. The van der Waals surface area contributed by atoms with E-state index in [0.717, 1.165) is 30.9 Å². The molecule has 0 bridgehead atoms. The zero-order valence-electron chi connectivity index (χ0n) is 12.3. The molecule has 0 saturated carbocycles. The molecule has 1 aromatic carbocycles. The minimum atomic E-state index is 0.300. The number of hydrogen-bond acceptors (Lipinski definition) is 4. The molecule has 1 N–H and O–H groups in total. The van der Waals surface area contributed by atoms with Gasteiger partial charge in [0.2, 0.25) is 0 Å². The summed E-state index contributed by atoms with van der Waals surface area (Å²) < 4.78 is 11.5. The van der Waals surface area contributed by atoms with Gasteiger partial charge in [0.25, 0.3) is 0 Å². The van der Waals surface area contributed by atoms with Gasteiger partial charge in [-0.05, 0) is 36.9 Å². The van der Waals surface area contributed by atoms with Crippen LogP contribution in [-0.2, 0) is 6.42 Å². The average molecular weight is 303 g/mol. The van der Waals surface area contributed by atoms with Crippen LogP contribution in [0.4, 0.5) is 0 Å². The van der Waals surface area contributed by atoms with Gasteiger partial charge in [-0.25, -0.2) is 0 Å². The monoisotopic (exact) mass is 303 g/mol. The number of thiophene rings is 1. The van der Waals surface area contributed by atoms with Crippen LogP contribution in [0, 0.1) is 0 Å². The van der Waals surface area contributed by atoms with E-state index in [-0.39, 0.29) is 0 Å². The Morgan fingerprint density at radius 2 is 2.10 bits per heavy atom. The van der Waals surface area contributed by atoms with Crippen molar-refractivity contribution in [3.63, 3.8) is 0 Å². The van der Waals surface area contributed by atoms with Crippen molar-refractivity contribution in [2.45, 2.75) is 25.8 Å². The molecule has 1 aromatic heterocycles. The quantitative estimate of drug-likeness (QED) is 0.880. The Hall–Kier alpha value is -1.52. The molecule has 0 saturated heterocycles. The molecule has 0 aliphatic carbocycles. The summed E-state index contributed by atoms with van der Waals surface area (Å²) >= 11 is 1.82. The van der Waals surface area contributed by atoms with Gasteiger partial charge < -0.3 is 14.8 Å². The highest BCUT2D eigenvalue weighted by Gasteiger charge is 2.21. The molecular formula is C17H21NO2S. The fourth-order valence-corrected chi connectivity index (χ4v) is 3.45. The zero-order valence-corrected chi connectivity index (χ0v) is 13.1. The van der Waals surface area contributed by atoms with Crippen LogP contribution in [0.2, 0.25) is 0 Å². The second-order valence-corrected chi connectivity index (χ2v) is 6.13. The highest BCUT2D eigenvalue weighted by Crippen LogP contribution is 2.38. The van der Waals surface area contributed by atoms with Crippen molar-refractivity contribution in [2.75, 3.05) is 19.8 Å². The summed E-state index contributed by atoms with van der Waals surface area (Å²) in [4.78, 5) is 1.43. The Bertz CT molecular complexity index is 568. The van der Waals surface area contributed by atoms with Gasteiger partial charge in [-0.15, -0.1) is 11.3 Å². The van der Waals surface area contributed by atoms with E-state index in [9.17, 15) is 0 Å². The summed E-state index contributed by atoms with van der Waals surface area (Å²) in [5.41, 5.74) is 1.21. The Labute approximate surface area is 129 Å². The van der Waals surface area contributed by atoms with Crippen molar-refractivity contribution < 1.29 is 9.47 Å². The van der Waals surface area contributed by atoms with Crippen LogP contribution < -0.4 is 14.8 Å². The van der Waals surface area contributed by atoms with Crippen LogP contribution >= 0.6 is 11.3 Å². The highest BCUT2D eigenvalue weighted by atomic mass is 32.1. The van der Waals surface area contributed by atoms with Gasteiger partial charge in [0, 0.05) is 16.5 Å². The Morgan fingerprint density at radius 3 is 2.90 bits per heavy atom. The number of nitrogens with one attached hydrogen (secondary N) is 1. The molecule has 2 heterocycles. The second kappa shape index (κ2) is 6.96. The van der Waals surface area contributed by atoms with Crippen LogP contribution in [-0.4, -0.2) is 19.8 Å². The molecule has 1 atom stereocenters. The minimum absolute atomic E-state index is 0.300. The SMILES string of the molecule is CCNC(CCc1cccs1)c1cccc2c1OCCO2.